The summed E-state index contributed by atoms with van der Waals surface area (Å²) in [5.74, 6) is 0.140. The second kappa shape index (κ2) is 5.01. The first-order valence-electron chi connectivity index (χ1n) is 5.09. The lowest BCUT2D eigenvalue weighted by atomic mass is 10.1. The number of halogens is 1. The van der Waals surface area contributed by atoms with E-state index >= 15 is 0 Å². The lowest BCUT2D eigenvalue weighted by Gasteiger charge is -2.05. The van der Waals surface area contributed by atoms with Gasteiger partial charge >= 0.3 is 5.88 Å². The molecule has 0 saturated heterocycles. The fourth-order valence-electron chi connectivity index (χ4n) is 1.53. The van der Waals surface area contributed by atoms with Gasteiger partial charge in [-0.3, -0.25) is 10.1 Å². The number of nitrogens with zero attached hydrogens (tertiary/aromatic N) is 1. The fourth-order valence-corrected chi connectivity index (χ4v) is 1.83. The number of nitro groups is 1. The van der Waals surface area contributed by atoms with Gasteiger partial charge in [0.2, 0.25) is 0 Å². The van der Waals surface area contributed by atoms with Crippen LogP contribution in [0.1, 0.15) is 16.7 Å². The zero-order valence-electron chi connectivity index (χ0n) is 8.88. The van der Waals surface area contributed by atoms with Gasteiger partial charge in [-0.05, 0) is 18.1 Å². The number of furan rings is 1. The van der Waals surface area contributed by atoms with Crippen molar-refractivity contribution < 1.29 is 9.34 Å². The molecule has 0 aliphatic rings. The molecule has 0 saturated carbocycles. The molecule has 0 radical (unpaired) electrons. The summed E-state index contributed by atoms with van der Waals surface area (Å²) >= 11 is 6.14. The Morgan fingerprint density at radius 2 is 1.94 bits per heavy atom. The van der Waals surface area contributed by atoms with E-state index in [0.717, 1.165) is 5.56 Å². The quantitative estimate of drug-likeness (QED) is 0.473. The van der Waals surface area contributed by atoms with Crippen molar-refractivity contribution >= 4 is 17.5 Å². The predicted octanol–water partition coefficient (Wildman–Crippen LogP) is 3.71. The van der Waals surface area contributed by atoms with Gasteiger partial charge in [0.15, 0.2) is 0 Å². The molecule has 0 aliphatic carbocycles. The van der Waals surface area contributed by atoms with Gasteiger partial charge in [0.1, 0.15) is 10.7 Å². The van der Waals surface area contributed by atoms with Crippen LogP contribution in [0.5, 0.6) is 0 Å². The molecule has 0 N–H and O–H groups in total. The number of rotatable bonds is 4. The minimum Gasteiger partial charge on any atom is -0.404 e. The Morgan fingerprint density at radius 1 is 1.24 bits per heavy atom. The van der Waals surface area contributed by atoms with Crippen LogP contribution in [0, 0.1) is 10.1 Å². The standard InChI is InChI=1S/C12H10ClNO3/c13-10(8-9-4-2-1-3-5-9)11-6-7-12(17-11)14(15)16/h1-7,10H,8H2. The Morgan fingerprint density at radius 3 is 2.53 bits per heavy atom. The van der Waals surface area contributed by atoms with Gasteiger partial charge < -0.3 is 4.42 Å². The van der Waals surface area contributed by atoms with E-state index in [1.54, 1.807) is 6.07 Å². The van der Waals surface area contributed by atoms with Crippen molar-refractivity contribution in [1.82, 2.24) is 0 Å². The van der Waals surface area contributed by atoms with Gasteiger partial charge in [0.05, 0.1) is 11.4 Å². The predicted molar refractivity (Wildman–Crippen MR) is 64.1 cm³/mol. The maximum absolute atomic E-state index is 10.5. The van der Waals surface area contributed by atoms with Crippen LogP contribution in [-0.2, 0) is 6.42 Å². The summed E-state index contributed by atoms with van der Waals surface area (Å²) < 4.78 is 5.05. The molecule has 5 heteroatoms. The third-order valence-electron chi connectivity index (χ3n) is 2.36. The highest BCUT2D eigenvalue weighted by atomic mass is 35.5. The second-order valence-electron chi connectivity index (χ2n) is 3.59. The Kier molecular flexibility index (Phi) is 3.44. The first-order chi connectivity index (χ1) is 8.16. The van der Waals surface area contributed by atoms with Crippen LogP contribution in [0.25, 0.3) is 0 Å². The maximum atomic E-state index is 10.5. The molecule has 0 amide bonds. The highest BCUT2D eigenvalue weighted by Crippen LogP contribution is 2.29. The molecule has 2 rings (SSSR count). The Bertz CT molecular complexity index is 509. The number of hydrogen-bond donors (Lipinski definition) is 0. The van der Waals surface area contributed by atoms with Crippen LogP contribution in [0.15, 0.2) is 46.9 Å². The van der Waals surface area contributed by atoms with Crippen molar-refractivity contribution in [3.8, 4) is 0 Å². The van der Waals surface area contributed by atoms with Crippen molar-refractivity contribution in [2.75, 3.05) is 0 Å². The minimum absolute atomic E-state index is 0.279. The summed E-state index contributed by atoms with van der Waals surface area (Å²) in [5.41, 5.74) is 1.06. The smallest absolute Gasteiger partial charge is 0.404 e. The van der Waals surface area contributed by atoms with Crippen LogP contribution in [0.3, 0.4) is 0 Å². The van der Waals surface area contributed by atoms with Crippen molar-refractivity contribution in [1.29, 1.82) is 0 Å². The molecule has 2 aromatic rings. The van der Waals surface area contributed by atoms with Gasteiger partial charge in [-0.15, -0.1) is 11.6 Å². The zero-order valence-corrected chi connectivity index (χ0v) is 9.63. The fraction of sp³-hybridized carbons (Fsp3) is 0.167. The average molecular weight is 252 g/mol. The molecule has 0 bridgehead atoms. The average Bonchev–Trinajstić information content (AvgIpc) is 2.79. The molecular formula is C12H10ClNO3. The third-order valence-corrected chi connectivity index (χ3v) is 2.73. The van der Waals surface area contributed by atoms with Gasteiger partial charge in [0, 0.05) is 0 Å². The van der Waals surface area contributed by atoms with E-state index in [1.165, 1.54) is 6.07 Å². The zero-order chi connectivity index (χ0) is 12.3. The molecule has 1 unspecified atom stereocenters. The normalized spacial score (nSPS) is 12.3. The first-order valence-corrected chi connectivity index (χ1v) is 5.52. The van der Waals surface area contributed by atoms with E-state index in [9.17, 15) is 10.1 Å². The SMILES string of the molecule is O=[N+]([O-])c1ccc(C(Cl)Cc2ccccc2)o1. The van der Waals surface area contributed by atoms with Crippen LogP contribution in [0.4, 0.5) is 5.88 Å². The second-order valence-corrected chi connectivity index (χ2v) is 4.12. The molecule has 4 nitrogen and oxygen atoms in total. The lowest BCUT2D eigenvalue weighted by molar-refractivity contribution is -0.402. The van der Waals surface area contributed by atoms with Crippen LogP contribution < -0.4 is 0 Å². The minimum atomic E-state index is -0.574. The first kappa shape index (κ1) is 11.7. The van der Waals surface area contributed by atoms with E-state index in [0.29, 0.717) is 12.2 Å². The van der Waals surface area contributed by atoms with E-state index in [2.05, 4.69) is 0 Å². The summed E-state index contributed by atoms with van der Waals surface area (Å²) in [5, 5.41) is 10.1. The van der Waals surface area contributed by atoms with Gasteiger partial charge in [-0.2, -0.15) is 0 Å². The van der Waals surface area contributed by atoms with Crippen molar-refractivity contribution in [3.63, 3.8) is 0 Å². The topological polar surface area (TPSA) is 56.3 Å². The van der Waals surface area contributed by atoms with Crippen molar-refractivity contribution in [2.24, 2.45) is 0 Å². The Hall–Kier alpha value is -1.81. The molecule has 88 valence electrons. The highest BCUT2D eigenvalue weighted by molar-refractivity contribution is 6.20. The van der Waals surface area contributed by atoms with Crippen LogP contribution in [0.2, 0.25) is 0 Å². The summed E-state index contributed by atoms with van der Waals surface area (Å²) in [6.45, 7) is 0. The Labute approximate surface area is 103 Å². The number of hydrogen-bond acceptors (Lipinski definition) is 3. The van der Waals surface area contributed by atoms with E-state index in [1.807, 2.05) is 30.3 Å². The molecule has 17 heavy (non-hydrogen) atoms. The van der Waals surface area contributed by atoms with E-state index < -0.39 is 10.3 Å². The summed E-state index contributed by atoms with van der Waals surface area (Å²) in [6, 6.07) is 12.5. The van der Waals surface area contributed by atoms with Gasteiger partial charge in [-0.1, -0.05) is 30.3 Å². The van der Waals surface area contributed by atoms with Crippen LogP contribution in [-0.4, -0.2) is 4.92 Å². The molecule has 1 heterocycles. The Balaban J connectivity index is 2.09. The monoisotopic (exact) mass is 251 g/mol. The van der Waals surface area contributed by atoms with E-state index in [-0.39, 0.29) is 5.88 Å². The van der Waals surface area contributed by atoms with Crippen molar-refractivity contribution in [2.45, 2.75) is 11.8 Å². The molecule has 1 aromatic heterocycles. The van der Waals surface area contributed by atoms with E-state index in [4.69, 9.17) is 16.0 Å². The maximum Gasteiger partial charge on any atom is 0.433 e. The lowest BCUT2D eigenvalue weighted by Crippen LogP contribution is -1.94. The summed E-state index contributed by atoms with van der Waals surface area (Å²) in [7, 11) is 0. The molecule has 0 fully saturated rings. The summed E-state index contributed by atoms with van der Waals surface area (Å²) in [6.07, 6.45) is 0.576. The highest BCUT2D eigenvalue weighted by Gasteiger charge is 2.18. The molecular weight excluding hydrogens is 242 g/mol. The molecule has 1 aromatic carbocycles. The largest absolute Gasteiger partial charge is 0.433 e. The molecule has 0 aliphatic heterocycles. The third kappa shape index (κ3) is 2.85. The molecule has 0 spiro atoms. The summed E-state index contributed by atoms with van der Waals surface area (Å²) in [4.78, 5) is 9.89. The van der Waals surface area contributed by atoms with Gasteiger partial charge in [-0.25, -0.2) is 0 Å². The molecule has 1 atom stereocenters. The van der Waals surface area contributed by atoms with Crippen molar-refractivity contribution in [3.05, 3.63) is 63.9 Å². The number of benzene rings is 1. The van der Waals surface area contributed by atoms with Crippen LogP contribution >= 0.6 is 11.6 Å². The number of alkyl halides is 1. The van der Waals surface area contributed by atoms with Gasteiger partial charge in [0.25, 0.3) is 0 Å².